The molecule has 0 unspecified atom stereocenters. The molecule has 0 aliphatic carbocycles. The Bertz CT molecular complexity index is 822. The van der Waals surface area contributed by atoms with Gasteiger partial charge in [-0.2, -0.15) is 0 Å². The summed E-state index contributed by atoms with van der Waals surface area (Å²) in [7, 11) is 0. The number of carbonyl (C=O) groups excluding carboxylic acids is 1. The molecule has 0 aliphatic rings. The van der Waals surface area contributed by atoms with Crippen molar-refractivity contribution in [1.29, 1.82) is 0 Å². The largest absolute Gasteiger partial charge is 0.378 e. The van der Waals surface area contributed by atoms with Crippen LogP contribution in [0.25, 0.3) is 0 Å². The van der Waals surface area contributed by atoms with Gasteiger partial charge in [0.2, 0.25) is 0 Å². The van der Waals surface area contributed by atoms with E-state index in [9.17, 15) is 9.18 Å². The molecule has 0 saturated heterocycles. The number of amides is 1. The predicted molar refractivity (Wildman–Crippen MR) is 90.2 cm³/mol. The fraction of sp³-hybridized carbons (Fsp3) is 0.0556. The number of rotatable bonds is 5. The van der Waals surface area contributed by atoms with Gasteiger partial charge in [0.1, 0.15) is 11.6 Å². The SMILES string of the molecule is O=C(Nc1ccc(NCc2ccccn2)cn1)c1ccccc1F. The van der Waals surface area contributed by atoms with E-state index < -0.39 is 11.7 Å². The average Bonchev–Trinajstić information content (AvgIpc) is 2.62. The molecule has 3 aromatic rings. The molecule has 0 atom stereocenters. The van der Waals surface area contributed by atoms with Crippen LogP contribution < -0.4 is 10.6 Å². The van der Waals surface area contributed by atoms with E-state index in [0.29, 0.717) is 12.4 Å². The van der Waals surface area contributed by atoms with Gasteiger partial charge in [0.05, 0.1) is 29.7 Å². The molecule has 2 N–H and O–H groups in total. The van der Waals surface area contributed by atoms with Crippen LogP contribution in [0.3, 0.4) is 0 Å². The molecule has 0 aliphatic heterocycles. The zero-order valence-corrected chi connectivity index (χ0v) is 12.7. The topological polar surface area (TPSA) is 66.9 Å². The Labute approximate surface area is 138 Å². The van der Waals surface area contributed by atoms with Gasteiger partial charge in [0.25, 0.3) is 5.91 Å². The molecule has 6 heteroatoms. The molecule has 5 nitrogen and oxygen atoms in total. The summed E-state index contributed by atoms with van der Waals surface area (Å²) in [6.07, 6.45) is 3.33. The Morgan fingerprint density at radius 1 is 1.00 bits per heavy atom. The molecule has 1 amide bonds. The van der Waals surface area contributed by atoms with Crippen LogP contribution in [0.5, 0.6) is 0 Å². The molecule has 24 heavy (non-hydrogen) atoms. The fourth-order valence-electron chi connectivity index (χ4n) is 2.10. The van der Waals surface area contributed by atoms with E-state index in [0.717, 1.165) is 11.4 Å². The second-order valence-electron chi connectivity index (χ2n) is 5.04. The van der Waals surface area contributed by atoms with Crippen molar-refractivity contribution in [3.63, 3.8) is 0 Å². The highest BCUT2D eigenvalue weighted by molar-refractivity contribution is 6.03. The lowest BCUT2D eigenvalue weighted by Gasteiger charge is -2.08. The molecule has 0 bridgehead atoms. The summed E-state index contributed by atoms with van der Waals surface area (Å²) < 4.78 is 13.6. The van der Waals surface area contributed by atoms with Crippen molar-refractivity contribution >= 4 is 17.4 Å². The highest BCUT2D eigenvalue weighted by Gasteiger charge is 2.11. The van der Waals surface area contributed by atoms with Gasteiger partial charge in [-0.25, -0.2) is 9.37 Å². The summed E-state index contributed by atoms with van der Waals surface area (Å²) in [5, 5.41) is 5.75. The van der Waals surface area contributed by atoms with E-state index in [1.165, 1.54) is 18.2 Å². The first-order valence-electron chi connectivity index (χ1n) is 7.38. The number of nitrogens with zero attached hydrogens (tertiary/aromatic N) is 2. The zero-order valence-electron chi connectivity index (χ0n) is 12.7. The van der Waals surface area contributed by atoms with Crippen molar-refractivity contribution in [2.24, 2.45) is 0 Å². The molecule has 0 spiro atoms. The molecular formula is C18H15FN4O. The molecule has 3 rings (SSSR count). The highest BCUT2D eigenvalue weighted by Crippen LogP contribution is 2.13. The standard InChI is InChI=1S/C18H15FN4O/c19-16-7-2-1-6-15(16)18(24)23-17-9-8-14(12-22-17)21-11-13-5-3-4-10-20-13/h1-10,12,21H,11H2,(H,22,23,24). The lowest BCUT2D eigenvalue weighted by Crippen LogP contribution is -2.14. The van der Waals surface area contributed by atoms with E-state index in [4.69, 9.17) is 0 Å². The number of benzene rings is 1. The number of carbonyl (C=O) groups is 1. The summed E-state index contributed by atoms with van der Waals surface area (Å²) >= 11 is 0. The van der Waals surface area contributed by atoms with Crippen molar-refractivity contribution < 1.29 is 9.18 Å². The maximum absolute atomic E-state index is 13.6. The third kappa shape index (κ3) is 3.92. The summed E-state index contributed by atoms with van der Waals surface area (Å²) in [5.74, 6) is -0.745. The molecule has 1 aromatic carbocycles. The number of pyridine rings is 2. The maximum Gasteiger partial charge on any atom is 0.259 e. The fourth-order valence-corrected chi connectivity index (χ4v) is 2.10. The van der Waals surface area contributed by atoms with Crippen LogP contribution in [0, 0.1) is 5.82 Å². The molecule has 0 radical (unpaired) electrons. The van der Waals surface area contributed by atoms with E-state index in [2.05, 4.69) is 20.6 Å². The number of aromatic nitrogens is 2. The minimum Gasteiger partial charge on any atom is -0.378 e. The lowest BCUT2D eigenvalue weighted by molar-refractivity contribution is 0.102. The van der Waals surface area contributed by atoms with Crippen molar-refractivity contribution in [1.82, 2.24) is 9.97 Å². The van der Waals surface area contributed by atoms with Crippen molar-refractivity contribution in [2.75, 3.05) is 10.6 Å². The zero-order chi connectivity index (χ0) is 16.8. The molecular weight excluding hydrogens is 307 g/mol. The van der Waals surface area contributed by atoms with Gasteiger partial charge in [-0.05, 0) is 36.4 Å². The molecule has 2 heterocycles. The van der Waals surface area contributed by atoms with Crippen molar-refractivity contribution in [3.8, 4) is 0 Å². The Balaban J connectivity index is 1.60. The minimum atomic E-state index is -0.566. The third-order valence-corrected chi connectivity index (χ3v) is 3.32. The Morgan fingerprint density at radius 2 is 1.83 bits per heavy atom. The van der Waals surface area contributed by atoms with Crippen LogP contribution in [0.2, 0.25) is 0 Å². The molecule has 120 valence electrons. The minimum absolute atomic E-state index is 0.0170. The highest BCUT2D eigenvalue weighted by atomic mass is 19.1. The second kappa shape index (κ2) is 7.32. The van der Waals surface area contributed by atoms with Gasteiger partial charge in [-0.1, -0.05) is 18.2 Å². The first-order chi connectivity index (χ1) is 11.7. The second-order valence-corrected chi connectivity index (χ2v) is 5.04. The Kier molecular flexibility index (Phi) is 4.76. The predicted octanol–water partition coefficient (Wildman–Crippen LogP) is 3.48. The smallest absolute Gasteiger partial charge is 0.259 e. The first-order valence-corrected chi connectivity index (χ1v) is 7.38. The van der Waals surface area contributed by atoms with Gasteiger partial charge in [0, 0.05) is 6.20 Å². The van der Waals surface area contributed by atoms with Gasteiger partial charge in [0.15, 0.2) is 0 Å². The average molecular weight is 322 g/mol. The lowest BCUT2D eigenvalue weighted by atomic mass is 10.2. The van der Waals surface area contributed by atoms with Crippen molar-refractivity contribution in [2.45, 2.75) is 6.54 Å². The number of halogens is 1. The van der Waals surface area contributed by atoms with Gasteiger partial charge >= 0.3 is 0 Å². The van der Waals surface area contributed by atoms with Gasteiger partial charge in [-0.3, -0.25) is 9.78 Å². The Hall–Kier alpha value is -3.28. The van der Waals surface area contributed by atoms with Crippen LogP contribution in [-0.2, 0) is 6.54 Å². The molecule has 2 aromatic heterocycles. The van der Waals surface area contributed by atoms with Crippen LogP contribution in [-0.4, -0.2) is 15.9 Å². The number of nitrogens with one attached hydrogen (secondary N) is 2. The summed E-state index contributed by atoms with van der Waals surface area (Å²) in [6, 6.07) is 14.9. The van der Waals surface area contributed by atoms with Crippen LogP contribution in [0.1, 0.15) is 16.1 Å². The van der Waals surface area contributed by atoms with Crippen LogP contribution >= 0.6 is 0 Å². The quantitative estimate of drug-likeness (QED) is 0.755. The van der Waals surface area contributed by atoms with E-state index in [-0.39, 0.29) is 5.56 Å². The van der Waals surface area contributed by atoms with Crippen molar-refractivity contribution in [3.05, 3.63) is 84.1 Å². The Morgan fingerprint density at radius 3 is 2.54 bits per heavy atom. The number of anilines is 2. The van der Waals surface area contributed by atoms with E-state index >= 15 is 0 Å². The summed E-state index contributed by atoms with van der Waals surface area (Å²) in [6.45, 7) is 0.573. The van der Waals surface area contributed by atoms with E-state index in [1.54, 1.807) is 30.6 Å². The van der Waals surface area contributed by atoms with Crippen LogP contribution in [0.15, 0.2) is 67.0 Å². The van der Waals surface area contributed by atoms with Crippen LogP contribution in [0.4, 0.5) is 15.9 Å². The maximum atomic E-state index is 13.6. The molecule has 0 saturated carbocycles. The van der Waals surface area contributed by atoms with E-state index in [1.807, 2.05) is 18.2 Å². The summed E-state index contributed by atoms with van der Waals surface area (Å²) in [4.78, 5) is 20.4. The van der Waals surface area contributed by atoms with Gasteiger partial charge in [-0.15, -0.1) is 0 Å². The third-order valence-electron chi connectivity index (χ3n) is 3.32. The number of hydrogen-bond acceptors (Lipinski definition) is 4. The first kappa shape index (κ1) is 15.6. The summed E-state index contributed by atoms with van der Waals surface area (Å²) in [5.41, 5.74) is 1.69. The number of hydrogen-bond donors (Lipinski definition) is 2. The van der Waals surface area contributed by atoms with Gasteiger partial charge < -0.3 is 10.6 Å². The monoisotopic (exact) mass is 322 g/mol. The normalized spacial score (nSPS) is 10.2. The molecule has 0 fully saturated rings.